The molecule has 8 unspecified atom stereocenters. The van der Waals surface area contributed by atoms with Crippen molar-refractivity contribution >= 4 is 0 Å². The monoisotopic (exact) mass is 410 g/mol. The Morgan fingerprint density at radius 1 is 1.00 bits per heavy atom. The van der Waals surface area contributed by atoms with Crippen LogP contribution < -0.4 is 0 Å². The van der Waals surface area contributed by atoms with Gasteiger partial charge in [0, 0.05) is 0 Å². The maximum atomic E-state index is 10.2. The molecule has 0 aromatic carbocycles. The molecule has 0 aliphatic heterocycles. The summed E-state index contributed by atoms with van der Waals surface area (Å²) in [5.41, 5.74) is 4.07. The van der Waals surface area contributed by atoms with E-state index in [0.29, 0.717) is 16.7 Å². The first-order chi connectivity index (χ1) is 14.2. The predicted molar refractivity (Wildman–Crippen MR) is 128 cm³/mol. The maximum absolute atomic E-state index is 10.2. The van der Waals surface area contributed by atoms with Crippen LogP contribution in [0.2, 0.25) is 0 Å². The highest BCUT2D eigenvalue weighted by Crippen LogP contribution is 2.66. The second-order valence-electron chi connectivity index (χ2n) is 12.1. The van der Waals surface area contributed by atoms with Crippen molar-refractivity contribution in [2.75, 3.05) is 0 Å². The normalized spacial score (nSPS) is 42.9. The molecular weight excluding hydrogens is 364 g/mol. The molecule has 4 aliphatic carbocycles. The van der Waals surface area contributed by atoms with Crippen molar-refractivity contribution in [2.45, 2.75) is 99.0 Å². The molecule has 3 saturated carbocycles. The molecule has 0 aromatic rings. The van der Waals surface area contributed by atoms with Gasteiger partial charge in [0.05, 0.1) is 6.10 Å². The van der Waals surface area contributed by atoms with Gasteiger partial charge in [-0.3, -0.25) is 0 Å². The third-order valence-corrected chi connectivity index (χ3v) is 10.2. The van der Waals surface area contributed by atoms with Crippen LogP contribution in [0.15, 0.2) is 35.5 Å². The quantitative estimate of drug-likeness (QED) is 0.460. The lowest BCUT2D eigenvalue weighted by Crippen LogP contribution is -2.46. The van der Waals surface area contributed by atoms with Crippen molar-refractivity contribution in [3.63, 3.8) is 0 Å². The van der Waals surface area contributed by atoms with Crippen LogP contribution in [-0.2, 0) is 0 Å². The molecule has 0 spiro atoms. The molecule has 30 heavy (non-hydrogen) atoms. The molecule has 1 heteroatoms. The van der Waals surface area contributed by atoms with Gasteiger partial charge in [0.25, 0.3) is 0 Å². The number of hydrogen-bond acceptors (Lipinski definition) is 1. The number of rotatable bonds is 5. The van der Waals surface area contributed by atoms with E-state index >= 15 is 0 Å². The molecule has 168 valence electrons. The molecule has 1 N–H and O–H groups in total. The van der Waals surface area contributed by atoms with E-state index < -0.39 is 0 Å². The smallest absolute Gasteiger partial charge is 0.0578 e. The second-order valence-corrected chi connectivity index (χ2v) is 12.1. The summed E-state index contributed by atoms with van der Waals surface area (Å²) in [5.74, 6) is 4.45. The Balaban J connectivity index is 1.56. The van der Waals surface area contributed by atoms with Crippen LogP contribution in [0.25, 0.3) is 0 Å². The van der Waals surface area contributed by atoms with Gasteiger partial charge in [-0.2, -0.15) is 0 Å². The third-order valence-electron chi connectivity index (χ3n) is 10.2. The lowest BCUT2D eigenvalue weighted by Gasteiger charge is -2.55. The van der Waals surface area contributed by atoms with Gasteiger partial charge in [-0.25, -0.2) is 0 Å². The van der Waals surface area contributed by atoms with Crippen molar-refractivity contribution in [1.29, 1.82) is 0 Å². The van der Waals surface area contributed by atoms with Gasteiger partial charge in [-0.15, -0.1) is 0 Å². The zero-order valence-electron chi connectivity index (χ0n) is 20.5. The van der Waals surface area contributed by atoms with Gasteiger partial charge >= 0.3 is 0 Å². The average molecular weight is 411 g/mol. The Bertz CT molecular complexity index is 727. The molecule has 0 amide bonds. The van der Waals surface area contributed by atoms with Gasteiger partial charge in [-0.1, -0.05) is 77.0 Å². The number of aliphatic hydroxyl groups is 1. The molecule has 8 atom stereocenters. The number of aliphatic hydroxyl groups excluding tert-OH is 1. The topological polar surface area (TPSA) is 20.2 Å². The first-order valence-electron chi connectivity index (χ1n) is 13.0. The number of hydrogen-bond donors (Lipinski definition) is 1. The highest BCUT2D eigenvalue weighted by Gasteiger charge is 2.56. The maximum Gasteiger partial charge on any atom is 0.0578 e. The molecule has 1 nitrogen and oxygen atoms in total. The lowest BCUT2D eigenvalue weighted by molar-refractivity contribution is 0.0382. The summed E-state index contributed by atoms with van der Waals surface area (Å²) in [6.07, 6.45) is 19.7. The second kappa shape index (κ2) is 8.27. The Morgan fingerprint density at radius 2 is 1.77 bits per heavy atom. The number of allylic oxidation sites excluding steroid dienone is 5. The first-order valence-corrected chi connectivity index (χ1v) is 13.0. The van der Waals surface area contributed by atoms with Crippen molar-refractivity contribution in [3.05, 3.63) is 35.5 Å². The van der Waals surface area contributed by atoms with E-state index in [4.69, 9.17) is 0 Å². The molecule has 4 aliphatic rings. The van der Waals surface area contributed by atoms with E-state index in [1.807, 2.05) is 0 Å². The van der Waals surface area contributed by atoms with E-state index in [0.717, 1.165) is 42.4 Å². The fourth-order valence-corrected chi connectivity index (χ4v) is 8.17. The van der Waals surface area contributed by atoms with E-state index in [1.54, 1.807) is 5.57 Å². The summed E-state index contributed by atoms with van der Waals surface area (Å²) in [6, 6.07) is 0. The van der Waals surface area contributed by atoms with Gasteiger partial charge < -0.3 is 5.11 Å². The summed E-state index contributed by atoms with van der Waals surface area (Å²) in [7, 11) is 0. The molecule has 0 heterocycles. The van der Waals surface area contributed by atoms with Crippen molar-refractivity contribution < 1.29 is 5.11 Å². The van der Waals surface area contributed by atoms with Crippen LogP contribution in [0.3, 0.4) is 0 Å². The molecule has 0 radical (unpaired) electrons. The van der Waals surface area contributed by atoms with Crippen LogP contribution in [0, 0.1) is 46.3 Å². The Labute approximate surface area is 186 Å². The van der Waals surface area contributed by atoms with Crippen molar-refractivity contribution in [2.24, 2.45) is 46.3 Å². The minimum atomic E-state index is -0.116. The van der Waals surface area contributed by atoms with Crippen molar-refractivity contribution in [3.8, 4) is 0 Å². The van der Waals surface area contributed by atoms with Gasteiger partial charge in [0.1, 0.15) is 0 Å². The van der Waals surface area contributed by atoms with Gasteiger partial charge in [0.2, 0.25) is 0 Å². The summed E-state index contributed by atoms with van der Waals surface area (Å²) < 4.78 is 0. The zero-order chi connectivity index (χ0) is 21.7. The van der Waals surface area contributed by atoms with E-state index in [-0.39, 0.29) is 6.10 Å². The summed E-state index contributed by atoms with van der Waals surface area (Å²) >= 11 is 0. The minimum absolute atomic E-state index is 0.116. The third kappa shape index (κ3) is 3.58. The Kier molecular flexibility index (Phi) is 6.17. The van der Waals surface area contributed by atoms with E-state index in [2.05, 4.69) is 65.8 Å². The molecule has 3 fully saturated rings. The predicted octanol–water partition coefficient (Wildman–Crippen LogP) is 7.72. The summed E-state index contributed by atoms with van der Waals surface area (Å²) in [6.45, 7) is 14.7. The fourth-order valence-electron chi connectivity index (χ4n) is 8.17. The van der Waals surface area contributed by atoms with Gasteiger partial charge in [-0.05, 0) is 97.7 Å². The van der Waals surface area contributed by atoms with Crippen LogP contribution >= 0.6 is 0 Å². The Morgan fingerprint density at radius 3 is 2.47 bits per heavy atom. The highest BCUT2D eigenvalue weighted by molar-refractivity contribution is 5.39. The molecule has 0 saturated heterocycles. The van der Waals surface area contributed by atoms with Crippen LogP contribution in [-0.4, -0.2) is 11.2 Å². The SMILES string of the molecule is CCC(C=CC(C)C1CCC2C3=CC=C4CC(O)CCC4(C)C3CCC21C)C(C)C. The van der Waals surface area contributed by atoms with Gasteiger partial charge in [0.15, 0.2) is 0 Å². The van der Waals surface area contributed by atoms with Crippen molar-refractivity contribution in [1.82, 2.24) is 0 Å². The molecular formula is C29H46O. The molecule has 0 bridgehead atoms. The van der Waals surface area contributed by atoms with Crippen LogP contribution in [0.5, 0.6) is 0 Å². The number of fused-ring (bicyclic) bond motifs is 5. The largest absolute Gasteiger partial charge is 0.393 e. The van der Waals surface area contributed by atoms with Crippen LogP contribution in [0.1, 0.15) is 92.9 Å². The minimum Gasteiger partial charge on any atom is -0.393 e. The standard InChI is InChI=1S/C29H46O/c1-7-21(19(2)3)9-8-20(4)25-12-13-26-24-11-10-22-18-23(30)14-16-28(22,5)27(24)15-17-29(25,26)6/h8-11,19-21,23,25-27,30H,7,12-18H2,1-6H3. The highest BCUT2D eigenvalue weighted by atomic mass is 16.3. The Hall–Kier alpha value is -0.820. The first kappa shape index (κ1) is 22.4. The van der Waals surface area contributed by atoms with Crippen LogP contribution in [0.4, 0.5) is 0 Å². The summed E-state index contributed by atoms with van der Waals surface area (Å²) in [5, 5.41) is 10.2. The molecule has 4 rings (SSSR count). The lowest BCUT2D eigenvalue weighted by atomic mass is 9.50. The summed E-state index contributed by atoms with van der Waals surface area (Å²) in [4.78, 5) is 0. The van der Waals surface area contributed by atoms with E-state index in [1.165, 1.54) is 44.1 Å². The zero-order valence-corrected chi connectivity index (χ0v) is 20.5. The average Bonchev–Trinajstić information content (AvgIpc) is 3.06. The fraction of sp³-hybridized carbons (Fsp3) is 0.793. The van der Waals surface area contributed by atoms with E-state index in [9.17, 15) is 5.11 Å². The molecule has 0 aromatic heterocycles.